The van der Waals surface area contributed by atoms with Gasteiger partial charge in [0.05, 0.1) is 30.8 Å². The first kappa shape index (κ1) is 19.4. The average molecular weight is 397 g/mol. The fourth-order valence-corrected chi connectivity index (χ4v) is 3.05. The van der Waals surface area contributed by atoms with Gasteiger partial charge in [-0.3, -0.25) is 14.2 Å². The molecule has 2 N–H and O–H groups in total. The van der Waals surface area contributed by atoms with Gasteiger partial charge < -0.3 is 19.8 Å². The van der Waals surface area contributed by atoms with E-state index in [2.05, 4.69) is 16.9 Å². The Labute approximate surface area is 166 Å². The summed E-state index contributed by atoms with van der Waals surface area (Å²) in [4.78, 5) is 28.2. The van der Waals surface area contributed by atoms with Gasteiger partial charge >= 0.3 is 0 Å². The maximum absolute atomic E-state index is 12.7. The molecule has 0 unspecified atom stereocenters. The van der Waals surface area contributed by atoms with Crippen molar-refractivity contribution in [2.24, 2.45) is 0 Å². The van der Waals surface area contributed by atoms with Crippen LogP contribution >= 0.6 is 12.2 Å². The van der Waals surface area contributed by atoms with Gasteiger partial charge in [-0.2, -0.15) is 0 Å². The van der Waals surface area contributed by atoms with E-state index in [1.165, 1.54) is 11.7 Å². The summed E-state index contributed by atoms with van der Waals surface area (Å²) in [5.41, 5.74) is 1.13. The van der Waals surface area contributed by atoms with E-state index in [-0.39, 0.29) is 16.2 Å². The molecule has 0 bridgehead atoms. The fraction of sp³-hybridized carbons (Fsp3) is 0.150. The van der Waals surface area contributed by atoms with Crippen molar-refractivity contribution in [3.05, 3.63) is 69.7 Å². The summed E-state index contributed by atoms with van der Waals surface area (Å²) < 4.78 is 12.1. The highest BCUT2D eigenvalue weighted by Crippen LogP contribution is 2.29. The van der Waals surface area contributed by atoms with E-state index in [4.69, 9.17) is 21.7 Å². The van der Waals surface area contributed by atoms with Crippen LogP contribution in [0.2, 0.25) is 0 Å². The highest BCUT2D eigenvalue weighted by atomic mass is 32.1. The summed E-state index contributed by atoms with van der Waals surface area (Å²) in [6.45, 7) is 3.94. The van der Waals surface area contributed by atoms with Crippen molar-refractivity contribution in [3.63, 3.8) is 0 Å². The SMILES string of the molecule is C=CCn1c(=S)[nH]c2cc(C(=O)Nc3ccc(OC)cc3OC)ccc2c1=O. The third kappa shape index (κ3) is 3.67. The van der Waals surface area contributed by atoms with Gasteiger partial charge in [-0.1, -0.05) is 6.08 Å². The number of H-pyrrole nitrogens is 1. The smallest absolute Gasteiger partial charge is 0.262 e. The Bertz CT molecular complexity index is 1180. The van der Waals surface area contributed by atoms with Crippen molar-refractivity contribution >= 4 is 34.7 Å². The summed E-state index contributed by atoms with van der Waals surface area (Å²) in [7, 11) is 3.06. The van der Waals surface area contributed by atoms with Crippen LogP contribution in [0.4, 0.5) is 5.69 Å². The molecule has 2 aromatic carbocycles. The number of carbonyl (C=O) groups is 1. The van der Waals surface area contributed by atoms with E-state index in [1.807, 2.05) is 0 Å². The number of aromatic nitrogens is 2. The molecule has 3 rings (SSSR count). The summed E-state index contributed by atoms with van der Waals surface area (Å²) in [6, 6.07) is 9.87. The standard InChI is InChI=1S/C20H19N3O4S/c1-4-9-23-19(25)14-7-5-12(10-16(14)22-20(23)28)18(24)21-15-8-6-13(26-2)11-17(15)27-3/h4-8,10-11H,1,9H2,2-3H3,(H,21,24)(H,22,28). The molecule has 1 heterocycles. The van der Waals surface area contributed by atoms with Crippen molar-refractivity contribution < 1.29 is 14.3 Å². The lowest BCUT2D eigenvalue weighted by Gasteiger charge is -2.12. The number of benzene rings is 2. The molecule has 0 atom stereocenters. The second kappa shape index (κ2) is 8.10. The van der Waals surface area contributed by atoms with Crippen molar-refractivity contribution in [2.45, 2.75) is 6.54 Å². The van der Waals surface area contributed by atoms with E-state index in [0.717, 1.165) is 0 Å². The number of anilines is 1. The van der Waals surface area contributed by atoms with Gasteiger partial charge in [0, 0.05) is 18.2 Å². The molecule has 1 amide bonds. The van der Waals surface area contributed by atoms with Crippen molar-refractivity contribution in [1.82, 2.24) is 9.55 Å². The number of methoxy groups -OCH3 is 2. The minimum Gasteiger partial charge on any atom is -0.497 e. The Morgan fingerprint density at radius 1 is 1.25 bits per heavy atom. The Hall–Kier alpha value is -3.39. The van der Waals surface area contributed by atoms with Gasteiger partial charge in [-0.15, -0.1) is 6.58 Å². The van der Waals surface area contributed by atoms with Crippen LogP contribution in [0.15, 0.2) is 53.8 Å². The Kier molecular flexibility index (Phi) is 5.60. The number of hydrogen-bond donors (Lipinski definition) is 2. The predicted octanol–water partition coefficient (Wildman–Crippen LogP) is 3.51. The zero-order valence-corrected chi connectivity index (χ0v) is 16.3. The van der Waals surface area contributed by atoms with Crippen molar-refractivity contribution in [2.75, 3.05) is 19.5 Å². The molecule has 3 aromatic rings. The first-order chi connectivity index (χ1) is 13.5. The van der Waals surface area contributed by atoms with Crippen LogP contribution in [0.25, 0.3) is 10.9 Å². The molecule has 0 radical (unpaired) electrons. The maximum Gasteiger partial charge on any atom is 0.262 e. The third-order valence-corrected chi connectivity index (χ3v) is 4.54. The molecular formula is C20H19N3O4S. The van der Waals surface area contributed by atoms with Crippen LogP contribution in [0, 0.1) is 4.77 Å². The molecule has 0 fully saturated rings. The zero-order valence-electron chi connectivity index (χ0n) is 15.4. The molecule has 28 heavy (non-hydrogen) atoms. The van der Waals surface area contributed by atoms with Crippen LogP contribution in [0.1, 0.15) is 10.4 Å². The number of hydrogen-bond acceptors (Lipinski definition) is 5. The number of aromatic amines is 1. The minimum absolute atomic E-state index is 0.234. The predicted molar refractivity (Wildman–Crippen MR) is 111 cm³/mol. The van der Waals surface area contributed by atoms with E-state index in [0.29, 0.717) is 40.2 Å². The molecule has 0 spiro atoms. The zero-order chi connectivity index (χ0) is 20.3. The van der Waals surface area contributed by atoms with E-state index in [1.54, 1.807) is 49.6 Å². The quantitative estimate of drug-likeness (QED) is 0.491. The van der Waals surface area contributed by atoms with Gasteiger partial charge in [0.15, 0.2) is 4.77 Å². The number of allylic oxidation sites excluding steroid dienone is 1. The van der Waals surface area contributed by atoms with Crippen molar-refractivity contribution in [3.8, 4) is 11.5 Å². The highest BCUT2D eigenvalue weighted by molar-refractivity contribution is 7.71. The van der Waals surface area contributed by atoms with Gasteiger partial charge in [0.1, 0.15) is 11.5 Å². The second-order valence-corrected chi connectivity index (χ2v) is 6.30. The largest absolute Gasteiger partial charge is 0.497 e. The maximum atomic E-state index is 12.7. The molecule has 144 valence electrons. The van der Waals surface area contributed by atoms with Gasteiger partial charge in [0.25, 0.3) is 11.5 Å². The molecule has 7 nitrogen and oxygen atoms in total. The van der Waals surface area contributed by atoms with Crippen LogP contribution in [-0.4, -0.2) is 29.7 Å². The lowest BCUT2D eigenvalue weighted by Crippen LogP contribution is -2.22. The van der Waals surface area contributed by atoms with Crippen molar-refractivity contribution in [1.29, 1.82) is 0 Å². The minimum atomic E-state index is -0.347. The van der Waals surface area contributed by atoms with Crippen LogP contribution in [0.5, 0.6) is 11.5 Å². The molecule has 0 saturated heterocycles. The number of carbonyl (C=O) groups excluding carboxylic acids is 1. The van der Waals surface area contributed by atoms with Crippen LogP contribution in [0.3, 0.4) is 0 Å². The second-order valence-electron chi connectivity index (χ2n) is 5.92. The Balaban J connectivity index is 1.97. The Morgan fingerprint density at radius 2 is 2.04 bits per heavy atom. The summed E-state index contributed by atoms with van der Waals surface area (Å²) in [6.07, 6.45) is 1.60. The fourth-order valence-electron chi connectivity index (χ4n) is 2.79. The number of ether oxygens (including phenoxy) is 2. The summed E-state index contributed by atoms with van der Waals surface area (Å²) in [5.74, 6) is 0.740. The number of amides is 1. The van der Waals surface area contributed by atoms with Gasteiger partial charge in [0.2, 0.25) is 0 Å². The summed E-state index contributed by atoms with van der Waals surface area (Å²) in [5, 5.41) is 3.24. The van der Waals surface area contributed by atoms with Gasteiger partial charge in [-0.25, -0.2) is 0 Å². The summed E-state index contributed by atoms with van der Waals surface area (Å²) >= 11 is 5.23. The number of rotatable bonds is 6. The molecule has 8 heteroatoms. The third-order valence-electron chi connectivity index (χ3n) is 4.21. The molecular weight excluding hydrogens is 378 g/mol. The van der Waals surface area contributed by atoms with Crippen LogP contribution < -0.4 is 20.3 Å². The molecule has 1 aromatic heterocycles. The van der Waals surface area contributed by atoms with E-state index in [9.17, 15) is 9.59 Å². The van der Waals surface area contributed by atoms with E-state index < -0.39 is 0 Å². The first-order valence-electron chi connectivity index (χ1n) is 8.39. The van der Waals surface area contributed by atoms with Gasteiger partial charge in [-0.05, 0) is 42.5 Å². The molecule has 0 aliphatic carbocycles. The van der Waals surface area contributed by atoms with E-state index >= 15 is 0 Å². The monoisotopic (exact) mass is 397 g/mol. The molecule has 0 aliphatic heterocycles. The normalized spacial score (nSPS) is 10.5. The highest BCUT2D eigenvalue weighted by Gasteiger charge is 2.13. The Morgan fingerprint density at radius 3 is 2.71 bits per heavy atom. The van der Waals surface area contributed by atoms with Crippen LogP contribution in [-0.2, 0) is 6.54 Å². The lowest BCUT2D eigenvalue weighted by atomic mass is 10.1. The topological polar surface area (TPSA) is 85.3 Å². The number of nitrogens with one attached hydrogen (secondary N) is 2. The number of fused-ring (bicyclic) bond motifs is 1. The molecule has 0 saturated carbocycles. The lowest BCUT2D eigenvalue weighted by molar-refractivity contribution is 0.102. The average Bonchev–Trinajstić information content (AvgIpc) is 2.70. The number of nitrogens with zero attached hydrogens (tertiary/aromatic N) is 1. The molecule has 0 aliphatic rings. The first-order valence-corrected chi connectivity index (χ1v) is 8.80.